The Balaban J connectivity index is 2.17. The smallest absolute Gasteiger partial charge is 0.291 e. The summed E-state index contributed by atoms with van der Waals surface area (Å²) >= 11 is 4.98. The highest BCUT2D eigenvalue weighted by Gasteiger charge is 2.22. The Labute approximate surface area is 137 Å². The van der Waals surface area contributed by atoms with Crippen LogP contribution in [0.1, 0.15) is 26.2 Å². The lowest BCUT2D eigenvalue weighted by atomic mass is 9.85. The van der Waals surface area contributed by atoms with Crippen molar-refractivity contribution in [2.45, 2.75) is 44.0 Å². The standard InChI is InChI=1S/C14H22BrN3O2S/c1-9(12(8-19)21-2)17-13-11(15)6-16-18(14(13)20)7-10-4-3-5-10/h6,9-10,12,17,19H,3-5,7-8H2,1-2H3. The average molecular weight is 376 g/mol. The second-order valence-corrected chi connectivity index (χ2v) is 7.47. The Morgan fingerprint density at radius 2 is 2.33 bits per heavy atom. The number of anilines is 1. The maximum absolute atomic E-state index is 12.5. The zero-order valence-electron chi connectivity index (χ0n) is 12.4. The molecule has 2 atom stereocenters. The molecule has 1 saturated carbocycles. The van der Waals surface area contributed by atoms with E-state index in [0.29, 0.717) is 22.6 Å². The number of aliphatic hydroxyl groups is 1. The van der Waals surface area contributed by atoms with Crippen molar-refractivity contribution in [1.29, 1.82) is 0 Å². The van der Waals surface area contributed by atoms with E-state index in [1.165, 1.54) is 19.3 Å². The molecule has 1 aliphatic carbocycles. The summed E-state index contributed by atoms with van der Waals surface area (Å²) in [6.45, 7) is 2.75. The fraction of sp³-hybridized carbons (Fsp3) is 0.714. The van der Waals surface area contributed by atoms with Gasteiger partial charge in [0.2, 0.25) is 0 Å². The summed E-state index contributed by atoms with van der Waals surface area (Å²) in [5.74, 6) is 0.582. The zero-order valence-corrected chi connectivity index (χ0v) is 14.8. The molecule has 1 aromatic rings. The van der Waals surface area contributed by atoms with Crippen molar-refractivity contribution in [3.63, 3.8) is 0 Å². The lowest BCUT2D eigenvalue weighted by Crippen LogP contribution is -2.36. The predicted octanol–water partition coefficient (Wildman–Crippen LogP) is 2.33. The van der Waals surface area contributed by atoms with Gasteiger partial charge >= 0.3 is 0 Å². The van der Waals surface area contributed by atoms with Gasteiger partial charge in [-0.1, -0.05) is 6.42 Å². The van der Waals surface area contributed by atoms with Crippen molar-refractivity contribution in [3.8, 4) is 0 Å². The van der Waals surface area contributed by atoms with Crippen LogP contribution in [0.15, 0.2) is 15.5 Å². The summed E-state index contributed by atoms with van der Waals surface area (Å²) in [7, 11) is 0. The fourth-order valence-corrected chi connectivity index (χ4v) is 3.41. The number of rotatable bonds is 7. The molecule has 0 aliphatic heterocycles. The number of nitrogens with one attached hydrogen (secondary N) is 1. The first-order valence-corrected chi connectivity index (χ1v) is 9.30. The van der Waals surface area contributed by atoms with Gasteiger partial charge in [-0.2, -0.15) is 16.9 Å². The molecule has 118 valence electrons. The molecule has 0 amide bonds. The van der Waals surface area contributed by atoms with E-state index in [9.17, 15) is 9.90 Å². The van der Waals surface area contributed by atoms with Crippen molar-refractivity contribution in [2.75, 3.05) is 18.2 Å². The number of aliphatic hydroxyl groups excluding tert-OH is 1. The first-order valence-electron chi connectivity index (χ1n) is 7.22. The maximum Gasteiger partial charge on any atom is 0.291 e. The van der Waals surface area contributed by atoms with Crippen molar-refractivity contribution in [3.05, 3.63) is 21.0 Å². The lowest BCUT2D eigenvalue weighted by Gasteiger charge is -2.26. The number of halogens is 1. The minimum atomic E-state index is -0.0964. The van der Waals surface area contributed by atoms with Crippen LogP contribution in [0.25, 0.3) is 0 Å². The number of hydrogen-bond acceptors (Lipinski definition) is 5. The Hall–Kier alpha value is -0.530. The van der Waals surface area contributed by atoms with Crippen LogP contribution < -0.4 is 10.9 Å². The van der Waals surface area contributed by atoms with Crippen molar-refractivity contribution in [1.82, 2.24) is 9.78 Å². The molecular weight excluding hydrogens is 354 g/mol. The summed E-state index contributed by atoms with van der Waals surface area (Å²) in [6.07, 6.45) is 7.24. The highest BCUT2D eigenvalue weighted by Crippen LogP contribution is 2.27. The van der Waals surface area contributed by atoms with Crippen LogP contribution in [0.4, 0.5) is 5.69 Å². The van der Waals surface area contributed by atoms with E-state index in [1.807, 2.05) is 13.2 Å². The Morgan fingerprint density at radius 1 is 1.62 bits per heavy atom. The first-order chi connectivity index (χ1) is 10.1. The summed E-state index contributed by atoms with van der Waals surface area (Å²) < 4.78 is 2.22. The van der Waals surface area contributed by atoms with Crippen LogP contribution >= 0.6 is 27.7 Å². The molecule has 1 heterocycles. The van der Waals surface area contributed by atoms with Gasteiger partial charge in [-0.15, -0.1) is 0 Å². The number of hydrogen-bond donors (Lipinski definition) is 2. The summed E-state index contributed by atoms with van der Waals surface area (Å²) in [5, 5.41) is 16.8. The van der Waals surface area contributed by atoms with E-state index in [1.54, 1.807) is 22.6 Å². The number of aromatic nitrogens is 2. The molecule has 1 fully saturated rings. The van der Waals surface area contributed by atoms with Crippen LogP contribution in [-0.2, 0) is 6.54 Å². The van der Waals surface area contributed by atoms with Gasteiger partial charge < -0.3 is 10.4 Å². The number of nitrogens with zero attached hydrogens (tertiary/aromatic N) is 2. The molecule has 0 spiro atoms. The normalized spacial score (nSPS) is 18.1. The minimum Gasteiger partial charge on any atom is -0.395 e. The largest absolute Gasteiger partial charge is 0.395 e. The zero-order chi connectivity index (χ0) is 15.4. The third-order valence-corrected chi connectivity index (χ3v) is 5.83. The first kappa shape index (κ1) is 16.8. The van der Waals surface area contributed by atoms with Gasteiger partial charge in [0.1, 0.15) is 5.69 Å². The van der Waals surface area contributed by atoms with Gasteiger partial charge in [-0.05, 0) is 47.9 Å². The monoisotopic (exact) mass is 375 g/mol. The Kier molecular flexibility index (Phi) is 6.13. The molecule has 2 unspecified atom stereocenters. The summed E-state index contributed by atoms with van der Waals surface area (Å²) in [4.78, 5) is 12.5. The topological polar surface area (TPSA) is 67.2 Å². The third kappa shape index (κ3) is 4.02. The maximum atomic E-state index is 12.5. The highest BCUT2D eigenvalue weighted by molar-refractivity contribution is 9.10. The molecule has 21 heavy (non-hydrogen) atoms. The molecule has 0 bridgehead atoms. The van der Waals surface area contributed by atoms with Crippen LogP contribution in [0.2, 0.25) is 0 Å². The third-order valence-electron chi connectivity index (χ3n) is 4.07. The van der Waals surface area contributed by atoms with Gasteiger partial charge in [0.25, 0.3) is 5.56 Å². The second-order valence-electron chi connectivity index (χ2n) is 5.54. The minimum absolute atomic E-state index is 0.00597. The van der Waals surface area contributed by atoms with E-state index in [2.05, 4.69) is 26.3 Å². The molecule has 1 aromatic heterocycles. The van der Waals surface area contributed by atoms with Crippen molar-refractivity contribution < 1.29 is 5.11 Å². The average Bonchev–Trinajstić information content (AvgIpc) is 2.42. The van der Waals surface area contributed by atoms with Gasteiger partial charge in [0, 0.05) is 17.8 Å². The van der Waals surface area contributed by atoms with E-state index < -0.39 is 0 Å². The summed E-state index contributed by atoms with van der Waals surface area (Å²) in [5.41, 5.74) is 0.435. The Bertz CT molecular complexity index is 529. The van der Waals surface area contributed by atoms with Gasteiger partial charge in [-0.25, -0.2) is 4.68 Å². The SMILES string of the molecule is CSC(CO)C(C)Nc1c(Br)cnn(CC2CCC2)c1=O. The predicted molar refractivity (Wildman–Crippen MR) is 91.0 cm³/mol. The molecule has 2 rings (SSSR count). The quantitative estimate of drug-likeness (QED) is 0.765. The van der Waals surface area contributed by atoms with Crippen molar-refractivity contribution >= 4 is 33.4 Å². The molecule has 0 aromatic carbocycles. The van der Waals surface area contributed by atoms with E-state index in [-0.39, 0.29) is 23.5 Å². The fourth-order valence-electron chi connectivity index (χ4n) is 2.41. The molecule has 5 nitrogen and oxygen atoms in total. The molecule has 0 saturated heterocycles. The molecule has 7 heteroatoms. The molecule has 0 radical (unpaired) electrons. The Morgan fingerprint density at radius 3 is 2.86 bits per heavy atom. The second kappa shape index (κ2) is 7.65. The van der Waals surface area contributed by atoms with E-state index in [0.717, 1.165) is 0 Å². The van der Waals surface area contributed by atoms with Gasteiger partial charge in [0.15, 0.2) is 0 Å². The van der Waals surface area contributed by atoms with Gasteiger partial charge in [0.05, 0.1) is 17.3 Å². The molecular formula is C14H22BrN3O2S. The van der Waals surface area contributed by atoms with Gasteiger partial charge in [-0.3, -0.25) is 4.79 Å². The molecule has 1 aliphatic rings. The van der Waals surface area contributed by atoms with Crippen LogP contribution in [0.5, 0.6) is 0 Å². The number of thioether (sulfide) groups is 1. The van der Waals surface area contributed by atoms with Crippen LogP contribution in [0.3, 0.4) is 0 Å². The lowest BCUT2D eigenvalue weighted by molar-refractivity contribution is 0.261. The summed E-state index contributed by atoms with van der Waals surface area (Å²) in [6, 6.07) is -0.00597. The van der Waals surface area contributed by atoms with Crippen LogP contribution in [0, 0.1) is 5.92 Å². The van der Waals surface area contributed by atoms with E-state index in [4.69, 9.17) is 0 Å². The molecule has 2 N–H and O–H groups in total. The van der Waals surface area contributed by atoms with Crippen LogP contribution in [-0.4, -0.2) is 39.0 Å². The van der Waals surface area contributed by atoms with Crippen molar-refractivity contribution in [2.24, 2.45) is 5.92 Å². The van der Waals surface area contributed by atoms with E-state index >= 15 is 0 Å². The highest BCUT2D eigenvalue weighted by atomic mass is 79.9.